The zero-order valence-electron chi connectivity index (χ0n) is 13.2. The second-order valence-electron chi connectivity index (χ2n) is 6.15. The van der Waals surface area contributed by atoms with E-state index in [0.29, 0.717) is 11.6 Å². The van der Waals surface area contributed by atoms with E-state index in [1.807, 2.05) is 24.3 Å². The number of para-hydroxylation sites is 1. The van der Waals surface area contributed by atoms with Gasteiger partial charge < -0.3 is 16.0 Å². The van der Waals surface area contributed by atoms with Crippen molar-refractivity contribution in [3.63, 3.8) is 0 Å². The van der Waals surface area contributed by atoms with E-state index in [4.69, 9.17) is 5.73 Å². The van der Waals surface area contributed by atoms with Crippen LogP contribution < -0.4 is 11.1 Å². The molecule has 24 heavy (non-hydrogen) atoms. The van der Waals surface area contributed by atoms with E-state index in [9.17, 15) is 4.39 Å². The highest BCUT2D eigenvalue weighted by atomic mass is 19.1. The Morgan fingerprint density at radius 2 is 2.17 bits per heavy atom. The molecule has 2 atom stereocenters. The molecule has 0 bridgehead atoms. The van der Waals surface area contributed by atoms with E-state index in [2.05, 4.69) is 26.7 Å². The number of benzene rings is 1. The van der Waals surface area contributed by atoms with E-state index in [1.165, 1.54) is 6.20 Å². The van der Waals surface area contributed by atoms with Gasteiger partial charge in [0.05, 0.1) is 6.20 Å². The van der Waals surface area contributed by atoms with E-state index >= 15 is 0 Å². The number of aromatic amines is 1. The molecule has 4 rings (SSSR count). The van der Waals surface area contributed by atoms with E-state index in [0.717, 1.165) is 35.7 Å². The number of hydrogen-bond acceptors (Lipinski definition) is 4. The summed E-state index contributed by atoms with van der Waals surface area (Å²) < 4.78 is 14.3. The molecule has 2 aromatic heterocycles. The van der Waals surface area contributed by atoms with Gasteiger partial charge in [0.2, 0.25) is 5.95 Å². The number of aromatic nitrogens is 3. The van der Waals surface area contributed by atoms with Crippen LogP contribution in [-0.2, 0) is 0 Å². The van der Waals surface area contributed by atoms with Crippen LogP contribution in [0.15, 0.2) is 36.7 Å². The molecule has 6 heteroatoms. The first-order chi connectivity index (χ1) is 11.7. The van der Waals surface area contributed by atoms with Gasteiger partial charge in [-0.1, -0.05) is 18.2 Å². The van der Waals surface area contributed by atoms with Crippen molar-refractivity contribution in [2.24, 2.45) is 5.73 Å². The molecule has 0 aliphatic heterocycles. The molecule has 1 saturated carbocycles. The maximum atomic E-state index is 14.3. The van der Waals surface area contributed by atoms with Gasteiger partial charge in [-0.2, -0.15) is 0 Å². The number of nitrogens with two attached hydrogens (primary N) is 1. The molecule has 1 radical (unpaired) electrons. The van der Waals surface area contributed by atoms with Crippen molar-refractivity contribution in [3.05, 3.63) is 48.9 Å². The highest BCUT2D eigenvalue weighted by Gasteiger charge is 2.23. The fourth-order valence-electron chi connectivity index (χ4n) is 3.21. The molecular weight excluding hydrogens is 305 g/mol. The van der Waals surface area contributed by atoms with Crippen LogP contribution in [0.1, 0.15) is 19.3 Å². The van der Waals surface area contributed by atoms with Gasteiger partial charge in [0.1, 0.15) is 5.69 Å². The number of nitrogens with one attached hydrogen (secondary N) is 2. The lowest BCUT2D eigenvalue weighted by Crippen LogP contribution is -2.43. The predicted octanol–water partition coefficient (Wildman–Crippen LogP) is 3.26. The molecule has 0 spiro atoms. The van der Waals surface area contributed by atoms with Crippen LogP contribution in [0.2, 0.25) is 0 Å². The number of H-pyrrole nitrogens is 1. The van der Waals surface area contributed by atoms with Crippen LogP contribution >= 0.6 is 0 Å². The molecule has 0 saturated heterocycles. The number of rotatable bonds is 3. The molecule has 1 aromatic carbocycles. The van der Waals surface area contributed by atoms with Crippen molar-refractivity contribution in [2.45, 2.75) is 31.3 Å². The summed E-state index contributed by atoms with van der Waals surface area (Å²) in [6, 6.07) is 7.90. The van der Waals surface area contributed by atoms with Crippen molar-refractivity contribution in [1.82, 2.24) is 15.0 Å². The first-order valence-electron chi connectivity index (χ1n) is 8.15. The second-order valence-corrected chi connectivity index (χ2v) is 6.15. The van der Waals surface area contributed by atoms with Gasteiger partial charge in [-0.05, 0) is 31.7 Å². The molecule has 123 valence electrons. The Morgan fingerprint density at radius 1 is 1.29 bits per heavy atom. The Kier molecular flexibility index (Phi) is 3.90. The SMILES string of the molecule is NC1CC[CH]C[C@H]1Nc1ncc(F)c(-c2c[nH]c3ccccc23)n1. The van der Waals surface area contributed by atoms with Crippen molar-refractivity contribution in [2.75, 3.05) is 5.32 Å². The summed E-state index contributed by atoms with van der Waals surface area (Å²) in [5, 5.41) is 4.19. The van der Waals surface area contributed by atoms with Crippen LogP contribution in [0, 0.1) is 12.2 Å². The Balaban J connectivity index is 1.69. The minimum Gasteiger partial charge on any atom is -0.360 e. The molecule has 4 N–H and O–H groups in total. The summed E-state index contributed by atoms with van der Waals surface area (Å²) in [7, 11) is 0. The Morgan fingerprint density at radius 3 is 3.04 bits per heavy atom. The highest BCUT2D eigenvalue weighted by molar-refractivity contribution is 5.94. The minimum absolute atomic E-state index is 0.0557. The van der Waals surface area contributed by atoms with Crippen LogP contribution in [0.25, 0.3) is 22.2 Å². The third-order valence-electron chi connectivity index (χ3n) is 4.54. The Labute approximate surface area is 139 Å². The Bertz CT molecular complexity index is 859. The smallest absolute Gasteiger partial charge is 0.223 e. The average Bonchev–Trinajstić information content (AvgIpc) is 3.02. The monoisotopic (exact) mass is 324 g/mol. The van der Waals surface area contributed by atoms with Crippen LogP contribution in [-0.4, -0.2) is 27.0 Å². The maximum Gasteiger partial charge on any atom is 0.223 e. The molecule has 1 fully saturated rings. The molecule has 1 aliphatic carbocycles. The normalized spacial score (nSPS) is 21.1. The lowest BCUT2D eigenvalue weighted by molar-refractivity contribution is 0.460. The lowest BCUT2D eigenvalue weighted by Gasteiger charge is -2.29. The molecule has 2 heterocycles. The molecule has 0 amide bonds. The highest BCUT2D eigenvalue weighted by Crippen LogP contribution is 2.29. The molecule has 3 aromatic rings. The van der Waals surface area contributed by atoms with Gasteiger partial charge in [-0.25, -0.2) is 14.4 Å². The third kappa shape index (κ3) is 2.73. The molecular formula is C18H19FN5. The minimum atomic E-state index is -0.440. The predicted molar refractivity (Wildman–Crippen MR) is 92.8 cm³/mol. The Hall–Kier alpha value is -2.47. The number of fused-ring (bicyclic) bond motifs is 1. The fraction of sp³-hybridized carbons (Fsp3) is 0.278. The zero-order valence-corrected chi connectivity index (χ0v) is 13.2. The topological polar surface area (TPSA) is 79.6 Å². The summed E-state index contributed by atoms with van der Waals surface area (Å²) in [5.74, 6) is -0.0303. The summed E-state index contributed by atoms with van der Waals surface area (Å²) in [4.78, 5) is 11.6. The number of nitrogens with zero attached hydrogens (tertiary/aromatic N) is 2. The van der Waals surface area contributed by atoms with Crippen LogP contribution in [0.4, 0.5) is 10.3 Å². The number of hydrogen-bond donors (Lipinski definition) is 3. The van der Waals surface area contributed by atoms with Crippen molar-refractivity contribution < 1.29 is 4.39 Å². The van der Waals surface area contributed by atoms with Gasteiger partial charge in [0, 0.05) is 34.7 Å². The van der Waals surface area contributed by atoms with E-state index in [1.54, 1.807) is 6.20 Å². The lowest BCUT2D eigenvalue weighted by atomic mass is 9.91. The maximum absolute atomic E-state index is 14.3. The van der Waals surface area contributed by atoms with Gasteiger partial charge in [-0.15, -0.1) is 0 Å². The third-order valence-corrected chi connectivity index (χ3v) is 4.54. The van der Waals surface area contributed by atoms with Gasteiger partial charge in [0.25, 0.3) is 0 Å². The molecule has 1 unspecified atom stereocenters. The quantitative estimate of drug-likeness (QED) is 0.691. The molecule has 5 nitrogen and oxygen atoms in total. The van der Waals surface area contributed by atoms with Crippen molar-refractivity contribution in [1.29, 1.82) is 0 Å². The first-order valence-corrected chi connectivity index (χ1v) is 8.15. The van der Waals surface area contributed by atoms with Gasteiger partial charge in [0.15, 0.2) is 5.82 Å². The van der Waals surface area contributed by atoms with E-state index in [-0.39, 0.29) is 12.1 Å². The van der Waals surface area contributed by atoms with Crippen LogP contribution in [0.5, 0.6) is 0 Å². The molecule has 1 aliphatic rings. The zero-order chi connectivity index (χ0) is 16.5. The van der Waals surface area contributed by atoms with Gasteiger partial charge in [-0.3, -0.25) is 0 Å². The summed E-state index contributed by atoms with van der Waals surface area (Å²) in [5.41, 5.74) is 8.11. The first kappa shape index (κ1) is 15.1. The van der Waals surface area contributed by atoms with Gasteiger partial charge >= 0.3 is 0 Å². The number of anilines is 1. The number of halogens is 1. The fourth-order valence-corrected chi connectivity index (χ4v) is 3.21. The van der Waals surface area contributed by atoms with Crippen LogP contribution in [0.3, 0.4) is 0 Å². The summed E-state index contributed by atoms with van der Waals surface area (Å²) in [6.07, 6.45) is 8.04. The summed E-state index contributed by atoms with van der Waals surface area (Å²) >= 11 is 0. The van der Waals surface area contributed by atoms with Crippen molar-refractivity contribution in [3.8, 4) is 11.3 Å². The van der Waals surface area contributed by atoms with Crippen molar-refractivity contribution >= 4 is 16.9 Å². The average molecular weight is 324 g/mol. The standard InChI is InChI=1S/C18H19FN5/c19-13-10-22-18(23-16-8-4-2-6-14(16)20)24-17(13)12-9-21-15-7-3-1-5-11(12)15/h1,3-5,7,9-10,14,16,21H,2,6,8,20H2,(H,22,23,24)/t14?,16-/m1/s1. The second kappa shape index (κ2) is 6.20. The van der Waals surface area contributed by atoms with E-state index < -0.39 is 5.82 Å². The summed E-state index contributed by atoms with van der Waals surface area (Å²) in [6.45, 7) is 0. The largest absolute Gasteiger partial charge is 0.360 e.